The number of nitrogens with one attached hydrogen (secondary N) is 1. The minimum Gasteiger partial charge on any atom is -0.497 e. The molecule has 0 radical (unpaired) electrons. The van der Waals surface area contributed by atoms with Gasteiger partial charge in [0, 0.05) is 29.8 Å². The Kier molecular flexibility index (Phi) is 6.17. The summed E-state index contributed by atoms with van der Waals surface area (Å²) in [6.45, 7) is 1.43. The van der Waals surface area contributed by atoms with Gasteiger partial charge in [-0.2, -0.15) is 0 Å². The van der Waals surface area contributed by atoms with Crippen molar-refractivity contribution in [3.05, 3.63) is 81.8 Å². The Labute approximate surface area is 178 Å². The molecule has 1 amide bonds. The van der Waals surface area contributed by atoms with Crippen LogP contribution < -0.4 is 10.1 Å². The van der Waals surface area contributed by atoms with Crippen molar-refractivity contribution in [3.8, 4) is 5.75 Å². The lowest BCUT2D eigenvalue weighted by molar-refractivity contribution is 0.0830. The highest BCUT2D eigenvalue weighted by Gasteiger charge is 2.25. The highest BCUT2D eigenvalue weighted by atomic mass is 32.2. The molecule has 7 heteroatoms. The van der Waals surface area contributed by atoms with Crippen LogP contribution in [0.25, 0.3) is 6.08 Å². The Morgan fingerprint density at radius 1 is 1.24 bits per heavy atom. The van der Waals surface area contributed by atoms with E-state index < -0.39 is 0 Å². The van der Waals surface area contributed by atoms with E-state index in [-0.39, 0.29) is 5.91 Å². The van der Waals surface area contributed by atoms with E-state index >= 15 is 0 Å². The van der Waals surface area contributed by atoms with Gasteiger partial charge in [0.15, 0.2) is 5.13 Å². The van der Waals surface area contributed by atoms with Crippen molar-refractivity contribution in [2.45, 2.75) is 6.54 Å². The number of thioether (sulfide) groups is 1. The summed E-state index contributed by atoms with van der Waals surface area (Å²) in [4.78, 5) is 19.4. The van der Waals surface area contributed by atoms with Crippen LogP contribution in [0.4, 0.5) is 5.13 Å². The molecule has 1 aliphatic rings. The van der Waals surface area contributed by atoms with Crippen LogP contribution in [0.2, 0.25) is 0 Å². The fourth-order valence-electron chi connectivity index (χ4n) is 3.00. The maximum Gasteiger partial charge on any atom is 0.258 e. The van der Waals surface area contributed by atoms with Gasteiger partial charge in [-0.05, 0) is 29.8 Å². The molecule has 0 unspecified atom stereocenters. The quantitative estimate of drug-likeness (QED) is 0.608. The van der Waals surface area contributed by atoms with Crippen LogP contribution in [0.1, 0.15) is 21.6 Å². The fraction of sp³-hybridized carbons (Fsp3) is 0.182. The Morgan fingerprint density at radius 2 is 2.10 bits per heavy atom. The smallest absolute Gasteiger partial charge is 0.258 e. The minimum absolute atomic E-state index is 0.0159. The number of anilines is 1. The lowest BCUT2D eigenvalue weighted by Gasteiger charge is -2.17. The lowest BCUT2D eigenvalue weighted by Crippen LogP contribution is -2.26. The van der Waals surface area contributed by atoms with Crippen molar-refractivity contribution in [2.75, 3.05) is 24.7 Å². The molecule has 5 nitrogen and oxygen atoms in total. The number of thiazole rings is 1. The van der Waals surface area contributed by atoms with Crippen LogP contribution in [0.5, 0.6) is 5.75 Å². The first-order chi connectivity index (χ1) is 14.2. The molecule has 3 aromatic rings. The number of carbonyl (C=O) groups excluding carboxylic acids is 1. The molecule has 148 valence electrons. The van der Waals surface area contributed by atoms with Gasteiger partial charge in [-0.15, -0.1) is 23.1 Å². The van der Waals surface area contributed by atoms with Crippen molar-refractivity contribution in [1.29, 1.82) is 0 Å². The zero-order valence-electron chi connectivity index (χ0n) is 16.0. The summed E-state index contributed by atoms with van der Waals surface area (Å²) in [6.07, 6.45) is 1.99. The highest BCUT2D eigenvalue weighted by Crippen LogP contribution is 2.32. The number of hydrogen-bond acceptors (Lipinski definition) is 6. The summed E-state index contributed by atoms with van der Waals surface area (Å²) in [7, 11) is 1.60. The van der Waals surface area contributed by atoms with Crippen molar-refractivity contribution in [1.82, 2.24) is 9.88 Å². The lowest BCUT2D eigenvalue weighted by atomic mass is 10.2. The number of methoxy groups -OCH3 is 1. The summed E-state index contributed by atoms with van der Waals surface area (Å²) >= 11 is 3.24. The van der Waals surface area contributed by atoms with E-state index in [1.165, 1.54) is 5.56 Å². The van der Waals surface area contributed by atoms with Gasteiger partial charge in [0.05, 0.1) is 17.8 Å². The first-order valence-electron chi connectivity index (χ1n) is 9.26. The first kappa shape index (κ1) is 19.5. The second-order valence-corrected chi connectivity index (χ2v) is 8.41. The number of benzene rings is 2. The molecular weight excluding hydrogens is 402 g/mol. The third kappa shape index (κ3) is 4.81. The van der Waals surface area contributed by atoms with E-state index in [0.29, 0.717) is 17.9 Å². The van der Waals surface area contributed by atoms with Gasteiger partial charge in [-0.1, -0.05) is 36.4 Å². The summed E-state index contributed by atoms with van der Waals surface area (Å²) in [5, 5.41) is 7.16. The van der Waals surface area contributed by atoms with Gasteiger partial charge in [0.25, 0.3) is 5.91 Å². The molecule has 29 heavy (non-hydrogen) atoms. The third-order valence-corrected chi connectivity index (χ3v) is 6.31. The van der Waals surface area contributed by atoms with Gasteiger partial charge >= 0.3 is 0 Å². The number of hydrogen-bond donors (Lipinski definition) is 1. The van der Waals surface area contributed by atoms with Crippen LogP contribution in [0, 0.1) is 0 Å². The van der Waals surface area contributed by atoms with E-state index in [0.717, 1.165) is 28.2 Å². The second kappa shape index (κ2) is 9.15. The maximum atomic E-state index is 13.0. The normalized spacial score (nSPS) is 14.9. The SMILES string of the molecule is COc1cccc(C(=O)N2CCS/C2=C/c2csc(NCc3ccccc3)n2)c1. The predicted molar refractivity (Wildman–Crippen MR) is 120 cm³/mol. The number of nitrogens with zero attached hydrogens (tertiary/aromatic N) is 2. The molecule has 0 spiro atoms. The van der Waals surface area contributed by atoms with Gasteiger partial charge in [0.1, 0.15) is 5.75 Å². The number of carbonyl (C=O) groups is 1. The molecule has 1 N–H and O–H groups in total. The molecule has 0 atom stereocenters. The molecule has 0 aliphatic carbocycles. The zero-order valence-corrected chi connectivity index (χ0v) is 17.6. The van der Waals surface area contributed by atoms with Crippen LogP contribution in [0.15, 0.2) is 65.0 Å². The van der Waals surface area contributed by atoms with Crippen LogP contribution in [0.3, 0.4) is 0 Å². The van der Waals surface area contributed by atoms with E-state index in [1.807, 2.05) is 52.8 Å². The van der Waals surface area contributed by atoms with Gasteiger partial charge in [0.2, 0.25) is 0 Å². The van der Waals surface area contributed by atoms with Crippen molar-refractivity contribution in [3.63, 3.8) is 0 Å². The summed E-state index contributed by atoms with van der Waals surface area (Å²) in [5.41, 5.74) is 2.70. The van der Waals surface area contributed by atoms with E-state index in [4.69, 9.17) is 4.74 Å². The Morgan fingerprint density at radius 3 is 2.93 bits per heavy atom. The topological polar surface area (TPSA) is 54.5 Å². The van der Waals surface area contributed by atoms with Crippen molar-refractivity contribution < 1.29 is 9.53 Å². The average molecular weight is 424 g/mol. The highest BCUT2D eigenvalue weighted by molar-refractivity contribution is 8.03. The molecule has 2 aromatic carbocycles. The Bertz CT molecular complexity index is 1020. The largest absolute Gasteiger partial charge is 0.497 e. The molecule has 0 bridgehead atoms. The van der Waals surface area contributed by atoms with E-state index in [2.05, 4.69) is 22.4 Å². The Hall–Kier alpha value is -2.77. The summed E-state index contributed by atoms with van der Waals surface area (Å²) in [6, 6.07) is 17.5. The molecule has 4 rings (SSSR count). The van der Waals surface area contributed by atoms with Crippen LogP contribution >= 0.6 is 23.1 Å². The number of ether oxygens (including phenoxy) is 1. The molecule has 2 heterocycles. The standard InChI is InChI=1S/C22H21N3O2S2/c1-27-19-9-5-8-17(12-19)21(26)25-10-11-28-20(25)13-18-15-29-22(24-18)23-14-16-6-3-2-4-7-16/h2-9,12-13,15H,10-11,14H2,1H3,(H,23,24)/b20-13+. The van der Waals surface area contributed by atoms with Gasteiger partial charge in [-0.3, -0.25) is 4.79 Å². The second-order valence-electron chi connectivity index (χ2n) is 6.44. The molecular formula is C22H21N3O2S2. The average Bonchev–Trinajstić information content (AvgIpc) is 3.42. The fourth-order valence-corrected chi connectivity index (χ4v) is 4.68. The zero-order chi connectivity index (χ0) is 20.1. The van der Waals surface area contributed by atoms with E-state index in [9.17, 15) is 4.79 Å². The van der Waals surface area contributed by atoms with Crippen molar-refractivity contribution >= 4 is 40.2 Å². The van der Waals surface area contributed by atoms with E-state index in [1.54, 1.807) is 36.3 Å². The number of rotatable bonds is 6. The summed E-state index contributed by atoms with van der Waals surface area (Å²) < 4.78 is 5.24. The monoisotopic (exact) mass is 423 g/mol. The molecule has 1 saturated heterocycles. The molecule has 1 aromatic heterocycles. The third-order valence-electron chi connectivity index (χ3n) is 4.47. The van der Waals surface area contributed by atoms with Crippen LogP contribution in [-0.2, 0) is 6.54 Å². The molecule has 1 fully saturated rings. The summed E-state index contributed by atoms with van der Waals surface area (Å²) in [5.74, 6) is 1.55. The maximum absolute atomic E-state index is 13.0. The molecule has 1 aliphatic heterocycles. The minimum atomic E-state index is -0.0159. The van der Waals surface area contributed by atoms with Gasteiger partial charge in [-0.25, -0.2) is 4.98 Å². The van der Waals surface area contributed by atoms with Crippen LogP contribution in [-0.4, -0.2) is 35.2 Å². The van der Waals surface area contributed by atoms with Crippen molar-refractivity contribution in [2.24, 2.45) is 0 Å². The molecule has 0 saturated carbocycles. The first-order valence-corrected chi connectivity index (χ1v) is 11.1. The predicted octanol–water partition coefficient (Wildman–Crippen LogP) is 4.95. The number of aromatic nitrogens is 1. The van der Waals surface area contributed by atoms with Gasteiger partial charge < -0.3 is 15.0 Å². The Balaban J connectivity index is 1.45. The number of amides is 1.